The topological polar surface area (TPSA) is 38.9 Å². The van der Waals surface area contributed by atoms with Crippen molar-refractivity contribution in [3.05, 3.63) is 54.1 Å². The van der Waals surface area contributed by atoms with E-state index in [2.05, 4.69) is 4.98 Å². The van der Waals surface area contributed by atoms with Gasteiger partial charge in [-0.3, -0.25) is 4.98 Å². The molecule has 2 rings (SSSR count). The van der Waals surface area contributed by atoms with Crippen LogP contribution in [0.5, 0.6) is 0 Å². The molecule has 1 unspecified atom stereocenters. The third-order valence-electron chi connectivity index (χ3n) is 2.47. The molecular formula is C13H13FN2. The predicted molar refractivity (Wildman–Crippen MR) is 62.2 cm³/mol. The van der Waals surface area contributed by atoms with E-state index in [0.29, 0.717) is 5.56 Å². The monoisotopic (exact) mass is 216 g/mol. The van der Waals surface area contributed by atoms with Gasteiger partial charge in [0, 0.05) is 29.6 Å². The second kappa shape index (κ2) is 4.41. The quantitative estimate of drug-likeness (QED) is 0.838. The summed E-state index contributed by atoms with van der Waals surface area (Å²) in [5.74, 6) is -0.244. The van der Waals surface area contributed by atoms with Gasteiger partial charge in [-0.25, -0.2) is 4.39 Å². The number of halogens is 1. The molecule has 2 nitrogen and oxygen atoms in total. The summed E-state index contributed by atoms with van der Waals surface area (Å²) in [7, 11) is 0. The predicted octanol–water partition coefficient (Wildman–Crippen LogP) is 2.91. The molecule has 2 N–H and O–H groups in total. The van der Waals surface area contributed by atoms with E-state index in [1.165, 1.54) is 6.07 Å². The molecular weight excluding hydrogens is 203 g/mol. The van der Waals surface area contributed by atoms with Crippen molar-refractivity contribution in [2.24, 2.45) is 5.73 Å². The smallest absolute Gasteiger partial charge is 0.131 e. The first kappa shape index (κ1) is 10.8. The maximum atomic E-state index is 13.5. The van der Waals surface area contributed by atoms with Crippen LogP contribution >= 0.6 is 0 Å². The fourth-order valence-corrected chi connectivity index (χ4v) is 1.55. The molecule has 0 saturated heterocycles. The van der Waals surface area contributed by atoms with Crippen molar-refractivity contribution in [2.75, 3.05) is 0 Å². The molecule has 1 atom stereocenters. The molecule has 82 valence electrons. The fraction of sp³-hybridized carbons (Fsp3) is 0.154. The Morgan fingerprint density at radius 2 is 2.00 bits per heavy atom. The molecule has 16 heavy (non-hydrogen) atoms. The molecule has 1 heterocycles. The Morgan fingerprint density at radius 1 is 1.25 bits per heavy atom. The number of hydrogen-bond acceptors (Lipinski definition) is 2. The van der Waals surface area contributed by atoms with Gasteiger partial charge in [0.25, 0.3) is 0 Å². The van der Waals surface area contributed by atoms with Crippen molar-refractivity contribution in [3.8, 4) is 11.1 Å². The molecule has 1 aromatic carbocycles. The zero-order valence-electron chi connectivity index (χ0n) is 9.02. The normalized spacial score (nSPS) is 12.4. The van der Waals surface area contributed by atoms with Crippen LogP contribution < -0.4 is 5.73 Å². The second-order valence-corrected chi connectivity index (χ2v) is 3.78. The van der Waals surface area contributed by atoms with Crippen LogP contribution in [0.4, 0.5) is 4.39 Å². The van der Waals surface area contributed by atoms with Crippen LogP contribution in [-0.4, -0.2) is 4.98 Å². The lowest BCUT2D eigenvalue weighted by Gasteiger charge is -2.08. The minimum Gasteiger partial charge on any atom is -0.324 e. The average Bonchev–Trinajstić information content (AvgIpc) is 2.30. The summed E-state index contributed by atoms with van der Waals surface area (Å²) in [4.78, 5) is 4.08. The molecule has 0 fully saturated rings. The van der Waals surface area contributed by atoms with Crippen molar-refractivity contribution in [3.63, 3.8) is 0 Å². The van der Waals surface area contributed by atoms with Crippen molar-refractivity contribution < 1.29 is 4.39 Å². The van der Waals surface area contributed by atoms with Gasteiger partial charge in [-0.15, -0.1) is 0 Å². The minimum absolute atomic E-state index is 0.0979. The molecule has 1 aromatic heterocycles. The summed E-state index contributed by atoms with van der Waals surface area (Å²) in [5, 5.41) is 0. The van der Waals surface area contributed by atoms with Crippen LogP contribution in [0.25, 0.3) is 11.1 Å². The van der Waals surface area contributed by atoms with Crippen LogP contribution in [-0.2, 0) is 0 Å². The van der Waals surface area contributed by atoms with Crippen molar-refractivity contribution >= 4 is 0 Å². The molecule has 0 aliphatic rings. The molecule has 0 aliphatic carbocycles. The zero-order chi connectivity index (χ0) is 11.5. The van der Waals surface area contributed by atoms with E-state index in [9.17, 15) is 4.39 Å². The van der Waals surface area contributed by atoms with Crippen molar-refractivity contribution in [2.45, 2.75) is 13.0 Å². The first-order valence-electron chi connectivity index (χ1n) is 5.14. The third-order valence-corrected chi connectivity index (χ3v) is 2.47. The minimum atomic E-state index is -0.244. The highest BCUT2D eigenvalue weighted by Crippen LogP contribution is 2.23. The highest BCUT2D eigenvalue weighted by atomic mass is 19.1. The van der Waals surface area contributed by atoms with E-state index in [4.69, 9.17) is 5.73 Å². The number of aromatic nitrogens is 1. The average molecular weight is 216 g/mol. The van der Waals surface area contributed by atoms with E-state index in [1.54, 1.807) is 30.6 Å². The summed E-state index contributed by atoms with van der Waals surface area (Å²) >= 11 is 0. The van der Waals surface area contributed by atoms with Crippen LogP contribution in [0, 0.1) is 5.82 Å². The van der Waals surface area contributed by atoms with Gasteiger partial charge in [0.15, 0.2) is 0 Å². The highest BCUT2D eigenvalue weighted by molar-refractivity contribution is 5.63. The van der Waals surface area contributed by atoms with E-state index >= 15 is 0 Å². The van der Waals surface area contributed by atoms with E-state index < -0.39 is 0 Å². The van der Waals surface area contributed by atoms with Gasteiger partial charge < -0.3 is 5.73 Å². The number of nitrogens with zero attached hydrogens (tertiary/aromatic N) is 1. The number of benzene rings is 1. The first-order valence-corrected chi connectivity index (χ1v) is 5.14. The van der Waals surface area contributed by atoms with Crippen molar-refractivity contribution in [1.82, 2.24) is 4.98 Å². The lowest BCUT2D eigenvalue weighted by atomic mass is 10.0. The lowest BCUT2D eigenvalue weighted by Crippen LogP contribution is -2.05. The molecule has 0 bridgehead atoms. The van der Waals surface area contributed by atoms with E-state index in [-0.39, 0.29) is 11.9 Å². The molecule has 0 aliphatic heterocycles. The molecule has 0 saturated carbocycles. The van der Waals surface area contributed by atoms with E-state index in [0.717, 1.165) is 11.1 Å². The van der Waals surface area contributed by atoms with Crippen LogP contribution in [0.3, 0.4) is 0 Å². The summed E-state index contributed by atoms with van der Waals surface area (Å²) in [6, 6.07) is 8.42. The highest BCUT2D eigenvalue weighted by Gasteiger charge is 2.06. The fourth-order valence-electron chi connectivity index (χ4n) is 1.55. The summed E-state index contributed by atoms with van der Waals surface area (Å²) in [5.41, 5.74) is 7.98. The van der Waals surface area contributed by atoms with Gasteiger partial charge in [0.05, 0.1) is 0 Å². The van der Waals surface area contributed by atoms with Crippen molar-refractivity contribution in [1.29, 1.82) is 0 Å². The Bertz CT molecular complexity index is 495. The Kier molecular flexibility index (Phi) is 2.97. The first-order chi connectivity index (χ1) is 7.68. The van der Waals surface area contributed by atoms with Gasteiger partial charge in [-0.05, 0) is 24.6 Å². The third kappa shape index (κ3) is 2.09. The lowest BCUT2D eigenvalue weighted by molar-refractivity contribution is 0.631. The Morgan fingerprint density at radius 3 is 2.69 bits per heavy atom. The summed E-state index contributed by atoms with van der Waals surface area (Å²) in [6.45, 7) is 1.88. The maximum absolute atomic E-state index is 13.5. The largest absolute Gasteiger partial charge is 0.324 e. The van der Waals surface area contributed by atoms with Gasteiger partial charge in [-0.1, -0.05) is 18.2 Å². The van der Waals surface area contributed by atoms with Gasteiger partial charge in [-0.2, -0.15) is 0 Å². The molecule has 2 aromatic rings. The SMILES string of the molecule is CC(N)c1cncc(-c2ccccc2F)c1. The summed E-state index contributed by atoms with van der Waals surface area (Å²) in [6.07, 6.45) is 3.35. The molecule has 0 spiro atoms. The zero-order valence-corrected chi connectivity index (χ0v) is 9.02. The van der Waals surface area contributed by atoms with Crippen LogP contribution in [0.15, 0.2) is 42.7 Å². The van der Waals surface area contributed by atoms with Crippen LogP contribution in [0.2, 0.25) is 0 Å². The molecule has 3 heteroatoms. The van der Waals surface area contributed by atoms with Gasteiger partial charge in [0.2, 0.25) is 0 Å². The molecule has 0 amide bonds. The van der Waals surface area contributed by atoms with E-state index in [1.807, 2.05) is 13.0 Å². The number of pyridine rings is 1. The number of rotatable bonds is 2. The Hall–Kier alpha value is -1.74. The van der Waals surface area contributed by atoms with Crippen LogP contribution in [0.1, 0.15) is 18.5 Å². The number of nitrogens with two attached hydrogens (primary N) is 1. The summed E-state index contributed by atoms with van der Waals surface area (Å²) < 4.78 is 13.5. The van der Waals surface area contributed by atoms with Gasteiger partial charge in [0.1, 0.15) is 5.82 Å². The number of hydrogen-bond donors (Lipinski definition) is 1. The molecule has 0 radical (unpaired) electrons. The second-order valence-electron chi connectivity index (χ2n) is 3.78. The standard InChI is InChI=1S/C13H13FN2/c1-9(15)10-6-11(8-16-7-10)12-4-2-3-5-13(12)14/h2-9H,15H2,1H3. The Balaban J connectivity index is 2.49. The maximum Gasteiger partial charge on any atom is 0.131 e. The van der Waals surface area contributed by atoms with Gasteiger partial charge >= 0.3 is 0 Å². The Labute approximate surface area is 93.9 Å².